The Balaban J connectivity index is 1.74. The second-order valence-electron chi connectivity index (χ2n) is 5.05. The minimum absolute atomic E-state index is 0.127. The van der Waals surface area contributed by atoms with Gasteiger partial charge < -0.3 is 10.1 Å². The van der Waals surface area contributed by atoms with Crippen molar-refractivity contribution in [2.24, 2.45) is 0 Å². The van der Waals surface area contributed by atoms with Crippen LogP contribution in [0.15, 0.2) is 30.9 Å². The molecule has 3 aromatic rings. The summed E-state index contributed by atoms with van der Waals surface area (Å²) in [7, 11) is 0. The van der Waals surface area contributed by atoms with Crippen molar-refractivity contribution in [1.82, 2.24) is 24.9 Å². The Hall–Kier alpha value is -2.81. The zero-order chi connectivity index (χ0) is 18.0. The van der Waals surface area contributed by atoms with Gasteiger partial charge in [-0.1, -0.05) is 11.6 Å². The number of carbonyl (C=O) groups is 1. The van der Waals surface area contributed by atoms with E-state index < -0.39 is 18.4 Å². The molecule has 25 heavy (non-hydrogen) atoms. The van der Waals surface area contributed by atoms with Crippen LogP contribution in [-0.4, -0.2) is 32.1 Å². The van der Waals surface area contributed by atoms with Gasteiger partial charge in [0.25, 0.3) is 5.91 Å². The van der Waals surface area contributed by atoms with E-state index >= 15 is 0 Å². The molecule has 3 rings (SSSR count). The second-order valence-corrected chi connectivity index (χ2v) is 5.45. The lowest BCUT2D eigenvalue weighted by Crippen LogP contribution is -2.23. The summed E-state index contributed by atoms with van der Waals surface area (Å²) in [5.74, 6) is -0.884. The largest absolute Gasteiger partial charge is 0.415 e. The summed E-state index contributed by atoms with van der Waals surface area (Å²) >= 11 is 5.80. The SMILES string of the molecule is Cc1nn2cnccc2c1CNC(=O)c1cnc(OC(F)F)c(Cl)c1. The molecular weight excluding hydrogens is 356 g/mol. The first-order valence-electron chi connectivity index (χ1n) is 7.12. The molecule has 0 aromatic carbocycles. The molecule has 0 saturated heterocycles. The van der Waals surface area contributed by atoms with Crippen molar-refractivity contribution in [1.29, 1.82) is 0 Å². The molecule has 0 radical (unpaired) electrons. The normalized spacial score (nSPS) is 11.1. The molecule has 0 fully saturated rings. The summed E-state index contributed by atoms with van der Waals surface area (Å²) in [5.41, 5.74) is 2.55. The highest BCUT2D eigenvalue weighted by Crippen LogP contribution is 2.24. The van der Waals surface area contributed by atoms with Gasteiger partial charge >= 0.3 is 6.61 Å². The topological polar surface area (TPSA) is 81.4 Å². The van der Waals surface area contributed by atoms with Gasteiger partial charge in [0.2, 0.25) is 5.88 Å². The van der Waals surface area contributed by atoms with E-state index in [9.17, 15) is 13.6 Å². The number of aromatic nitrogens is 4. The van der Waals surface area contributed by atoms with Crippen LogP contribution in [0.3, 0.4) is 0 Å². The first kappa shape index (κ1) is 17.0. The van der Waals surface area contributed by atoms with E-state index in [1.807, 2.05) is 6.92 Å². The molecule has 0 bridgehead atoms. The van der Waals surface area contributed by atoms with Gasteiger partial charge in [0.05, 0.1) is 16.8 Å². The number of halogens is 3. The summed E-state index contributed by atoms with van der Waals surface area (Å²) in [6.07, 6.45) is 4.32. The smallest absolute Gasteiger partial charge is 0.388 e. The number of hydrogen-bond donors (Lipinski definition) is 1. The number of fused-ring (bicyclic) bond motifs is 1. The number of alkyl halides is 2. The molecule has 0 atom stereocenters. The van der Waals surface area contributed by atoms with E-state index in [2.05, 4.69) is 25.1 Å². The van der Waals surface area contributed by atoms with E-state index in [-0.39, 0.29) is 17.1 Å². The molecule has 0 saturated carbocycles. The van der Waals surface area contributed by atoms with Crippen molar-refractivity contribution in [2.75, 3.05) is 0 Å². The average Bonchev–Trinajstić information content (AvgIpc) is 2.89. The van der Waals surface area contributed by atoms with Crippen molar-refractivity contribution in [3.63, 3.8) is 0 Å². The van der Waals surface area contributed by atoms with Gasteiger partial charge in [0.1, 0.15) is 11.3 Å². The fourth-order valence-electron chi connectivity index (χ4n) is 2.29. The third kappa shape index (κ3) is 3.66. The number of nitrogens with one attached hydrogen (secondary N) is 1. The van der Waals surface area contributed by atoms with Crippen molar-refractivity contribution in [3.05, 3.63) is 52.7 Å². The number of hydrogen-bond acceptors (Lipinski definition) is 5. The fourth-order valence-corrected chi connectivity index (χ4v) is 2.50. The summed E-state index contributed by atoms with van der Waals surface area (Å²) < 4.78 is 30.1. The highest BCUT2D eigenvalue weighted by Gasteiger charge is 2.15. The number of aryl methyl sites for hydroxylation is 1. The number of carbonyl (C=O) groups excluding carboxylic acids is 1. The summed E-state index contributed by atoms with van der Waals surface area (Å²) in [5, 5.41) is 6.85. The Morgan fingerprint density at radius 2 is 2.28 bits per heavy atom. The van der Waals surface area contributed by atoms with E-state index in [0.717, 1.165) is 23.0 Å². The standard InChI is InChI=1S/C15H12ClF2N5O2/c1-8-10(12-2-3-19-7-23(12)22-8)6-20-13(24)9-4-11(16)14(21-5-9)25-15(17)18/h2-5,7,15H,6H2,1H3,(H,20,24). The van der Waals surface area contributed by atoms with Crippen LogP contribution in [0, 0.1) is 6.92 Å². The fraction of sp³-hybridized carbons (Fsp3) is 0.200. The van der Waals surface area contributed by atoms with Crippen LogP contribution in [0.25, 0.3) is 5.52 Å². The van der Waals surface area contributed by atoms with Crippen LogP contribution in [0.4, 0.5) is 8.78 Å². The Morgan fingerprint density at radius 1 is 1.48 bits per heavy atom. The highest BCUT2D eigenvalue weighted by molar-refractivity contribution is 6.32. The summed E-state index contributed by atoms with van der Waals surface area (Å²) in [6.45, 7) is -0.994. The predicted octanol–water partition coefficient (Wildman–Crippen LogP) is 2.62. The van der Waals surface area contributed by atoms with E-state index in [0.29, 0.717) is 0 Å². The van der Waals surface area contributed by atoms with Crippen LogP contribution >= 0.6 is 11.6 Å². The Morgan fingerprint density at radius 3 is 3.00 bits per heavy atom. The Labute approximate surface area is 145 Å². The van der Waals surface area contributed by atoms with Crippen LogP contribution in [-0.2, 0) is 6.54 Å². The van der Waals surface area contributed by atoms with Crippen molar-refractivity contribution >= 4 is 23.0 Å². The van der Waals surface area contributed by atoms with E-state index in [1.54, 1.807) is 23.1 Å². The van der Waals surface area contributed by atoms with Crippen LogP contribution < -0.4 is 10.1 Å². The Kier molecular flexibility index (Phi) is 4.75. The minimum Gasteiger partial charge on any atom is -0.415 e. The first-order valence-corrected chi connectivity index (χ1v) is 7.50. The maximum absolute atomic E-state index is 12.2. The van der Waals surface area contributed by atoms with Crippen LogP contribution in [0.5, 0.6) is 5.88 Å². The monoisotopic (exact) mass is 367 g/mol. The first-order chi connectivity index (χ1) is 12.0. The average molecular weight is 368 g/mol. The van der Waals surface area contributed by atoms with E-state index in [1.165, 1.54) is 6.07 Å². The van der Waals surface area contributed by atoms with Gasteiger partial charge in [0.15, 0.2) is 0 Å². The molecule has 3 heterocycles. The maximum Gasteiger partial charge on any atom is 0.388 e. The zero-order valence-corrected chi connectivity index (χ0v) is 13.7. The molecule has 10 heteroatoms. The van der Waals surface area contributed by atoms with Crippen molar-refractivity contribution < 1.29 is 18.3 Å². The molecule has 1 amide bonds. The maximum atomic E-state index is 12.2. The predicted molar refractivity (Wildman–Crippen MR) is 84.8 cm³/mol. The molecular formula is C15H12ClF2N5O2. The summed E-state index contributed by atoms with van der Waals surface area (Å²) in [6, 6.07) is 3.00. The lowest BCUT2D eigenvalue weighted by molar-refractivity contribution is -0.0527. The molecule has 0 unspecified atom stereocenters. The van der Waals surface area contributed by atoms with Gasteiger partial charge in [-0.15, -0.1) is 0 Å². The molecule has 0 aliphatic carbocycles. The molecule has 0 spiro atoms. The van der Waals surface area contributed by atoms with Crippen molar-refractivity contribution in [2.45, 2.75) is 20.1 Å². The molecule has 3 aromatic heterocycles. The molecule has 0 aliphatic rings. The van der Waals surface area contributed by atoms with Gasteiger partial charge in [-0.05, 0) is 19.1 Å². The summed E-state index contributed by atoms with van der Waals surface area (Å²) in [4.78, 5) is 19.8. The molecule has 0 aliphatic heterocycles. The van der Waals surface area contributed by atoms with Gasteiger partial charge in [-0.3, -0.25) is 4.79 Å². The van der Waals surface area contributed by atoms with E-state index in [4.69, 9.17) is 11.6 Å². The zero-order valence-electron chi connectivity index (χ0n) is 12.9. The lowest BCUT2D eigenvalue weighted by atomic mass is 10.2. The lowest BCUT2D eigenvalue weighted by Gasteiger charge is -2.08. The number of amides is 1. The third-order valence-corrected chi connectivity index (χ3v) is 3.71. The van der Waals surface area contributed by atoms with Crippen LogP contribution in [0.1, 0.15) is 21.6 Å². The highest BCUT2D eigenvalue weighted by atomic mass is 35.5. The Bertz CT molecular complexity index is 931. The number of nitrogens with zero attached hydrogens (tertiary/aromatic N) is 4. The minimum atomic E-state index is -3.04. The quantitative estimate of drug-likeness (QED) is 0.749. The number of ether oxygens (including phenoxy) is 1. The van der Waals surface area contributed by atoms with Gasteiger partial charge in [-0.2, -0.15) is 13.9 Å². The number of rotatable bonds is 5. The number of pyridine rings is 1. The second kappa shape index (κ2) is 6.98. The van der Waals surface area contributed by atoms with Crippen molar-refractivity contribution in [3.8, 4) is 5.88 Å². The van der Waals surface area contributed by atoms with Gasteiger partial charge in [0, 0.05) is 24.5 Å². The molecule has 130 valence electrons. The third-order valence-electron chi connectivity index (χ3n) is 3.44. The molecule has 1 N–H and O–H groups in total. The van der Waals surface area contributed by atoms with Gasteiger partial charge in [-0.25, -0.2) is 14.5 Å². The molecule has 7 nitrogen and oxygen atoms in total. The van der Waals surface area contributed by atoms with Crippen LogP contribution in [0.2, 0.25) is 5.02 Å².